The van der Waals surface area contributed by atoms with Crippen molar-refractivity contribution in [2.45, 2.75) is 44.9 Å². The molecule has 1 amide bonds. The van der Waals surface area contributed by atoms with Crippen LogP contribution in [-0.4, -0.2) is 45.8 Å². The lowest BCUT2D eigenvalue weighted by Gasteiger charge is -2.20. The van der Waals surface area contributed by atoms with Crippen molar-refractivity contribution in [3.8, 4) is 0 Å². The Labute approximate surface area is 164 Å². The van der Waals surface area contributed by atoms with Gasteiger partial charge in [0.15, 0.2) is 5.78 Å². The molecule has 1 saturated carbocycles. The zero-order valence-electron chi connectivity index (χ0n) is 15.6. The molecule has 0 bridgehead atoms. The first-order valence-electron chi connectivity index (χ1n) is 9.56. The van der Waals surface area contributed by atoms with Crippen LogP contribution in [0.3, 0.4) is 0 Å². The Morgan fingerprint density at radius 3 is 2.70 bits per heavy atom. The summed E-state index contributed by atoms with van der Waals surface area (Å²) in [7, 11) is 0. The zero-order chi connectivity index (χ0) is 19.5. The number of carboxylic acid groups (broad SMARTS) is 1. The smallest absolute Gasteiger partial charge is 0.304 e. The number of nitrogens with one attached hydrogen (secondary N) is 1. The summed E-state index contributed by atoms with van der Waals surface area (Å²) in [6.45, 7) is 0.539. The quantitative estimate of drug-likeness (QED) is 0.443. The predicted octanol–water partition coefficient (Wildman–Crippen LogP) is 3.18. The Hall–Kier alpha value is -1.89. The number of hydrogen-bond donors (Lipinski definition) is 2. The first-order chi connectivity index (χ1) is 13.1. The highest BCUT2D eigenvalue weighted by molar-refractivity contribution is 7.99. The molecule has 0 saturated heterocycles. The predicted molar refractivity (Wildman–Crippen MR) is 106 cm³/mol. The van der Waals surface area contributed by atoms with E-state index < -0.39 is 11.9 Å². The van der Waals surface area contributed by atoms with E-state index in [2.05, 4.69) is 10.3 Å². The van der Waals surface area contributed by atoms with Gasteiger partial charge in [-0.2, -0.15) is 11.8 Å². The molecule has 148 valence electrons. The number of aromatic nitrogens is 1. The second kappa shape index (κ2) is 11.7. The van der Waals surface area contributed by atoms with Gasteiger partial charge in [0.05, 0.1) is 6.42 Å². The third kappa shape index (κ3) is 8.12. The average molecular weight is 393 g/mol. The fourth-order valence-corrected chi connectivity index (χ4v) is 4.36. The fourth-order valence-electron chi connectivity index (χ4n) is 3.40. The Morgan fingerprint density at radius 2 is 2.04 bits per heavy atom. The molecule has 1 unspecified atom stereocenters. The highest BCUT2D eigenvalue weighted by atomic mass is 32.2. The Morgan fingerprint density at radius 1 is 1.26 bits per heavy atom. The minimum Gasteiger partial charge on any atom is -0.481 e. The topological polar surface area (TPSA) is 96.4 Å². The van der Waals surface area contributed by atoms with Crippen molar-refractivity contribution < 1.29 is 19.5 Å². The number of ketones is 1. The van der Waals surface area contributed by atoms with Crippen LogP contribution in [0.1, 0.15) is 55.3 Å². The van der Waals surface area contributed by atoms with E-state index in [4.69, 9.17) is 5.11 Å². The lowest BCUT2D eigenvalue weighted by molar-refractivity contribution is -0.137. The number of hydrogen-bond acceptors (Lipinski definition) is 5. The summed E-state index contributed by atoms with van der Waals surface area (Å²) in [6.07, 6.45) is 9.48. The van der Waals surface area contributed by atoms with Crippen molar-refractivity contribution >= 4 is 29.4 Å². The van der Waals surface area contributed by atoms with E-state index in [1.54, 1.807) is 18.3 Å². The van der Waals surface area contributed by atoms with Gasteiger partial charge in [0.25, 0.3) is 0 Å². The molecule has 0 aromatic carbocycles. The summed E-state index contributed by atoms with van der Waals surface area (Å²) in [5.74, 6) is -0.0853. The number of rotatable bonds is 11. The molecular formula is C20H28N2O4S. The van der Waals surface area contributed by atoms with Crippen molar-refractivity contribution in [3.05, 3.63) is 30.1 Å². The molecule has 1 aliphatic rings. The maximum Gasteiger partial charge on any atom is 0.304 e. The maximum atomic E-state index is 12.5. The first-order valence-corrected chi connectivity index (χ1v) is 10.7. The molecule has 1 aliphatic carbocycles. The van der Waals surface area contributed by atoms with E-state index in [0.717, 1.165) is 12.8 Å². The van der Waals surface area contributed by atoms with Crippen LogP contribution in [0.15, 0.2) is 24.5 Å². The monoisotopic (exact) mass is 392 g/mol. The van der Waals surface area contributed by atoms with Crippen molar-refractivity contribution in [2.75, 3.05) is 18.1 Å². The van der Waals surface area contributed by atoms with Gasteiger partial charge >= 0.3 is 5.97 Å². The molecule has 1 aromatic rings. The lowest BCUT2D eigenvalue weighted by atomic mass is 9.87. The Kier molecular flexibility index (Phi) is 9.31. The van der Waals surface area contributed by atoms with Gasteiger partial charge in [-0.3, -0.25) is 19.4 Å². The van der Waals surface area contributed by atoms with Crippen molar-refractivity contribution in [3.63, 3.8) is 0 Å². The summed E-state index contributed by atoms with van der Waals surface area (Å²) in [5.41, 5.74) is 0.435. The molecule has 6 nitrogen and oxygen atoms in total. The molecule has 1 heterocycles. The zero-order valence-corrected chi connectivity index (χ0v) is 16.4. The van der Waals surface area contributed by atoms with Gasteiger partial charge in [0.1, 0.15) is 0 Å². The van der Waals surface area contributed by atoms with E-state index in [1.165, 1.54) is 37.2 Å². The highest BCUT2D eigenvalue weighted by Gasteiger charge is 2.23. The summed E-state index contributed by atoms with van der Waals surface area (Å²) in [6, 6.07) is 3.32. The molecule has 27 heavy (non-hydrogen) atoms. The van der Waals surface area contributed by atoms with Crippen LogP contribution < -0.4 is 5.32 Å². The third-order valence-electron chi connectivity index (χ3n) is 4.82. The molecule has 1 atom stereocenters. The van der Waals surface area contributed by atoms with Crippen LogP contribution in [0.4, 0.5) is 0 Å². The van der Waals surface area contributed by atoms with Crippen molar-refractivity contribution in [1.82, 2.24) is 10.3 Å². The van der Waals surface area contributed by atoms with E-state index >= 15 is 0 Å². The molecule has 0 radical (unpaired) electrons. The molecule has 7 heteroatoms. The van der Waals surface area contributed by atoms with Crippen molar-refractivity contribution in [2.24, 2.45) is 11.8 Å². The van der Waals surface area contributed by atoms with Gasteiger partial charge < -0.3 is 10.4 Å². The van der Waals surface area contributed by atoms with Crippen LogP contribution in [0.5, 0.6) is 0 Å². The summed E-state index contributed by atoms with van der Waals surface area (Å²) < 4.78 is 0. The third-order valence-corrected chi connectivity index (χ3v) is 5.96. The standard InChI is InChI=1S/C20H28N2O4S/c23-18(11-15-5-2-1-3-6-15)22-9-10-27-14-17(12-19(24)25)20(26)16-7-4-8-21-13-16/h4,7-8,13,15,17H,1-3,5-6,9-12,14H2,(H,22,23)(H,24,25). The van der Waals surface area contributed by atoms with Gasteiger partial charge in [-0.05, 0) is 30.9 Å². The van der Waals surface area contributed by atoms with Crippen LogP contribution >= 0.6 is 11.8 Å². The van der Waals surface area contributed by atoms with Gasteiger partial charge in [-0.1, -0.05) is 19.3 Å². The number of Topliss-reactive ketones (excluding diaryl/α,β-unsaturated/α-hetero) is 1. The SMILES string of the molecule is O=C(O)CC(CSCCNC(=O)CC1CCCCC1)C(=O)c1cccnc1. The second-order valence-electron chi connectivity index (χ2n) is 7.03. The van der Waals surface area contributed by atoms with Crippen LogP contribution in [0.2, 0.25) is 0 Å². The van der Waals surface area contributed by atoms with Crippen molar-refractivity contribution in [1.29, 1.82) is 0 Å². The van der Waals surface area contributed by atoms with Crippen LogP contribution in [0.25, 0.3) is 0 Å². The second-order valence-corrected chi connectivity index (χ2v) is 8.18. The number of amides is 1. The number of carboxylic acids is 1. The van der Waals surface area contributed by atoms with E-state index in [0.29, 0.717) is 36.0 Å². The summed E-state index contributed by atoms with van der Waals surface area (Å²) in [5, 5.41) is 12.0. The summed E-state index contributed by atoms with van der Waals surface area (Å²) >= 11 is 1.50. The molecule has 2 N–H and O–H groups in total. The summed E-state index contributed by atoms with van der Waals surface area (Å²) in [4.78, 5) is 39.5. The molecule has 1 fully saturated rings. The van der Waals surface area contributed by atoms with Gasteiger partial charge in [0, 0.05) is 48.3 Å². The van der Waals surface area contributed by atoms with E-state index in [1.807, 2.05) is 0 Å². The highest BCUT2D eigenvalue weighted by Crippen LogP contribution is 2.26. The molecular weight excluding hydrogens is 364 g/mol. The molecule has 2 rings (SSSR count). The van der Waals surface area contributed by atoms with E-state index in [-0.39, 0.29) is 18.1 Å². The number of thioether (sulfide) groups is 1. The Bertz CT molecular complexity index is 618. The number of nitrogens with zero attached hydrogens (tertiary/aromatic N) is 1. The number of carbonyl (C=O) groups is 3. The number of aliphatic carboxylic acids is 1. The van der Waals surface area contributed by atoms with Gasteiger partial charge in [0.2, 0.25) is 5.91 Å². The Balaban J connectivity index is 1.69. The average Bonchev–Trinajstić information content (AvgIpc) is 2.67. The van der Waals surface area contributed by atoms with Gasteiger partial charge in [-0.25, -0.2) is 0 Å². The fraction of sp³-hybridized carbons (Fsp3) is 0.600. The molecule has 1 aromatic heterocycles. The number of carbonyl (C=O) groups excluding carboxylic acids is 2. The molecule has 0 aliphatic heterocycles. The largest absolute Gasteiger partial charge is 0.481 e. The minimum atomic E-state index is -0.987. The normalized spacial score (nSPS) is 15.9. The van der Waals surface area contributed by atoms with E-state index in [9.17, 15) is 14.4 Å². The van der Waals surface area contributed by atoms with Gasteiger partial charge in [-0.15, -0.1) is 0 Å². The van der Waals surface area contributed by atoms with Crippen LogP contribution in [-0.2, 0) is 9.59 Å². The molecule has 0 spiro atoms. The maximum absolute atomic E-state index is 12.5. The van der Waals surface area contributed by atoms with Crippen LogP contribution in [0, 0.1) is 11.8 Å². The number of pyridine rings is 1. The lowest BCUT2D eigenvalue weighted by Crippen LogP contribution is -2.28. The first kappa shape index (κ1) is 21.4. The minimum absolute atomic E-state index is 0.0935.